The molecule has 0 unspecified atom stereocenters. The molecule has 0 N–H and O–H groups in total. The molecule has 1 aliphatic carbocycles. The van der Waals surface area contributed by atoms with E-state index >= 15 is 0 Å². The minimum absolute atomic E-state index is 0.162. The predicted molar refractivity (Wildman–Crippen MR) is 75.0 cm³/mol. The average molecular weight is 255 g/mol. The second-order valence-electron chi connectivity index (χ2n) is 5.04. The summed E-state index contributed by atoms with van der Waals surface area (Å²) < 4.78 is 12.9. The van der Waals surface area contributed by atoms with Crippen molar-refractivity contribution in [3.8, 4) is 6.07 Å². The minimum atomic E-state index is -0.162. The van der Waals surface area contributed by atoms with Gasteiger partial charge >= 0.3 is 0 Å². The van der Waals surface area contributed by atoms with E-state index in [1.54, 1.807) is 18.2 Å². The topological polar surface area (TPSA) is 23.8 Å². The number of nitrogens with zero attached hydrogens (tertiary/aromatic N) is 1. The van der Waals surface area contributed by atoms with E-state index in [0.717, 1.165) is 12.8 Å². The maximum atomic E-state index is 12.9. The van der Waals surface area contributed by atoms with Crippen molar-refractivity contribution in [2.45, 2.75) is 31.6 Å². The van der Waals surface area contributed by atoms with Gasteiger partial charge in [0.15, 0.2) is 0 Å². The van der Waals surface area contributed by atoms with Crippen LogP contribution in [0.5, 0.6) is 0 Å². The highest BCUT2D eigenvalue weighted by molar-refractivity contribution is 5.21. The van der Waals surface area contributed by atoms with Crippen LogP contribution < -0.4 is 0 Å². The molecule has 0 aromatic heterocycles. The maximum absolute atomic E-state index is 12.9. The molecular weight excluding hydrogens is 237 g/mol. The molecule has 0 spiro atoms. The second kappa shape index (κ2) is 6.89. The Kier molecular flexibility index (Phi) is 4.92. The molecule has 98 valence electrons. The molecule has 0 radical (unpaired) electrons. The monoisotopic (exact) mass is 255 g/mol. The lowest BCUT2D eigenvalue weighted by Gasteiger charge is -2.27. The van der Waals surface area contributed by atoms with Crippen LogP contribution in [-0.2, 0) is 0 Å². The zero-order chi connectivity index (χ0) is 13.5. The molecule has 0 amide bonds. The van der Waals surface area contributed by atoms with Gasteiger partial charge < -0.3 is 0 Å². The third-order valence-corrected chi connectivity index (χ3v) is 3.78. The summed E-state index contributed by atoms with van der Waals surface area (Å²) in [6.45, 7) is 0. The zero-order valence-electron chi connectivity index (χ0n) is 10.9. The third kappa shape index (κ3) is 4.06. The Morgan fingerprint density at radius 2 is 1.74 bits per heavy atom. The van der Waals surface area contributed by atoms with Crippen molar-refractivity contribution < 1.29 is 4.39 Å². The van der Waals surface area contributed by atoms with Gasteiger partial charge in [-0.1, -0.05) is 30.4 Å². The molecule has 1 saturated carbocycles. The normalized spacial score (nSPS) is 23.8. The molecule has 1 nitrogen and oxygen atoms in total. The first-order valence-electron chi connectivity index (χ1n) is 6.78. The van der Waals surface area contributed by atoms with Crippen LogP contribution in [0, 0.1) is 23.1 Å². The summed E-state index contributed by atoms with van der Waals surface area (Å²) >= 11 is 0. The predicted octanol–water partition coefficient (Wildman–Crippen LogP) is 4.74. The molecule has 2 rings (SSSR count). The Morgan fingerprint density at radius 3 is 2.37 bits per heavy atom. The van der Waals surface area contributed by atoms with Crippen LogP contribution in [0.4, 0.5) is 4.39 Å². The summed E-state index contributed by atoms with van der Waals surface area (Å²) in [5.74, 6) is 1.02. The van der Waals surface area contributed by atoms with E-state index in [2.05, 4.69) is 6.08 Å². The van der Waals surface area contributed by atoms with E-state index in [4.69, 9.17) is 5.26 Å². The van der Waals surface area contributed by atoms with Crippen LogP contribution in [0.3, 0.4) is 0 Å². The summed E-state index contributed by atoms with van der Waals surface area (Å²) in [7, 11) is 0. The van der Waals surface area contributed by atoms with Crippen LogP contribution in [0.1, 0.15) is 37.2 Å². The van der Waals surface area contributed by atoms with Crippen molar-refractivity contribution in [3.05, 3.63) is 60.0 Å². The number of nitriles is 1. The summed E-state index contributed by atoms with van der Waals surface area (Å²) in [4.78, 5) is 0. The summed E-state index contributed by atoms with van der Waals surface area (Å²) in [6.07, 6.45) is 12.1. The van der Waals surface area contributed by atoms with Crippen molar-refractivity contribution in [2.24, 2.45) is 5.92 Å². The van der Waals surface area contributed by atoms with Gasteiger partial charge in [0.25, 0.3) is 0 Å². The van der Waals surface area contributed by atoms with E-state index in [1.807, 2.05) is 24.3 Å². The number of hydrogen-bond donors (Lipinski definition) is 0. The lowest BCUT2D eigenvalue weighted by molar-refractivity contribution is 0.375. The Hall–Kier alpha value is -1.88. The quantitative estimate of drug-likeness (QED) is 0.565. The Bertz CT molecular complexity index is 485. The van der Waals surface area contributed by atoms with Gasteiger partial charge in [-0.3, -0.25) is 0 Å². The fourth-order valence-corrected chi connectivity index (χ4v) is 2.70. The number of hydrogen-bond acceptors (Lipinski definition) is 1. The standard InChI is InChI=1S/C17H18FN/c18-17-11-9-16(10-12-17)15-7-5-14(6-8-15)4-2-1-3-13-19/h1-4,9-12,14-15H,5-8H2/t14-,15-. The smallest absolute Gasteiger partial charge is 0.123 e. The van der Waals surface area contributed by atoms with E-state index in [9.17, 15) is 4.39 Å². The molecule has 0 aliphatic heterocycles. The van der Waals surface area contributed by atoms with E-state index in [1.165, 1.54) is 24.5 Å². The van der Waals surface area contributed by atoms with Crippen molar-refractivity contribution >= 4 is 0 Å². The van der Waals surface area contributed by atoms with Crippen molar-refractivity contribution in [1.29, 1.82) is 5.26 Å². The average Bonchev–Trinajstić information content (AvgIpc) is 2.45. The van der Waals surface area contributed by atoms with Crippen LogP contribution in [-0.4, -0.2) is 0 Å². The first kappa shape index (κ1) is 13.5. The third-order valence-electron chi connectivity index (χ3n) is 3.78. The van der Waals surface area contributed by atoms with Gasteiger partial charge in [0.05, 0.1) is 6.07 Å². The Balaban J connectivity index is 1.85. The van der Waals surface area contributed by atoms with Gasteiger partial charge in [-0.15, -0.1) is 0 Å². The lowest BCUT2D eigenvalue weighted by Crippen LogP contribution is -2.11. The largest absolute Gasteiger partial charge is 0.207 e. The van der Waals surface area contributed by atoms with Gasteiger partial charge in [0.1, 0.15) is 5.82 Å². The van der Waals surface area contributed by atoms with Gasteiger partial charge in [-0.25, -0.2) is 4.39 Å². The highest BCUT2D eigenvalue weighted by Crippen LogP contribution is 2.36. The van der Waals surface area contributed by atoms with Gasteiger partial charge in [0, 0.05) is 6.08 Å². The van der Waals surface area contributed by atoms with Gasteiger partial charge in [-0.2, -0.15) is 5.26 Å². The van der Waals surface area contributed by atoms with Crippen molar-refractivity contribution in [3.63, 3.8) is 0 Å². The van der Waals surface area contributed by atoms with Crippen LogP contribution in [0.15, 0.2) is 48.6 Å². The Labute approximate surface area is 114 Å². The number of allylic oxidation sites excluding steroid dienone is 4. The fraction of sp³-hybridized carbons (Fsp3) is 0.353. The van der Waals surface area contributed by atoms with Crippen LogP contribution >= 0.6 is 0 Å². The SMILES string of the molecule is N#CC=CC=C[C@H]1CC[C@H](c2ccc(F)cc2)CC1. The van der Waals surface area contributed by atoms with Gasteiger partial charge in [-0.05, 0) is 55.2 Å². The van der Waals surface area contributed by atoms with Crippen LogP contribution in [0.25, 0.3) is 0 Å². The van der Waals surface area contributed by atoms with Crippen LogP contribution in [0.2, 0.25) is 0 Å². The Morgan fingerprint density at radius 1 is 1.05 bits per heavy atom. The first-order valence-corrected chi connectivity index (χ1v) is 6.78. The fourth-order valence-electron chi connectivity index (χ4n) is 2.70. The van der Waals surface area contributed by atoms with Crippen molar-refractivity contribution in [2.75, 3.05) is 0 Å². The van der Waals surface area contributed by atoms with Crippen molar-refractivity contribution in [1.82, 2.24) is 0 Å². The molecule has 1 fully saturated rings. The molecule has 0 bridgehead atoms. The number of rotatable bonds is 3. The highest BCUT2D eigenvalue weighted by atomic mass is 19.1. The molecule has 2 heteroatoms. The van der Waals surface area contributed by atoms with E-state index in [-0.39, 0.29) is 5.82 Å². The summed E-state index contributed by atoms with van der Waals surface area (Å²) in [5.41, 5.74) is 1.26. The molecule has 1 aromatic carbocycles. The van der Waals surface area contributed by atoms with E-state index in [0.29, 0.717) is 11.8 Å². The molecule has 19 heavy (non-hydrogen) atoms. The van der Waals surface area contributed by atoms with E-state index < -0.39 is 0 Å². The molecule has 1 aromatic rings. The first-order chi connectivity index (χ1) is 9.29. The van der Waals surface area contributed by atoms with Gasteiger partial charge in [0.2, 0.25) is 0 Å². The molecule has 1 aliphatic rings. The molecule has 0 heterocycles. The maximum Gasteiger partial charge on any atom is 0.123 e. The second-order valence-corrected chi connectivity index (χ2v) is 5.04. The zero-order valence-corrected chi connectivity index (χ0v) is 10.9. The molecular formula is C17H18FN. The summed E-state index contributed by atoms with van der Waals surface area (Å²) in [5, 5.41) is 8.39. The summed E-state index contributed by atoms with van der Waals surface area (Å²) in [6, 6.07) is 8.89. The molecule has 0 atom stereocenters. The molecule has 0 saturated heterocycles. The highest BCUT2D eigenvalue weighted by Gasteiger charge is 2.20. The lowest BCUT2D eigenvalue weighted by atomic mass is 9.78. The minimum Gasteiger partial charge on any atom is -0.207 e. The number of benzene rings is 1. The number of halogens is 1.